The summed E-state index contributed by atoms with van der Waals surface area (Å²) < 4.78 is 35.3. The molecule has 5 heteroatoms. The number of carbonyl (C=O) groups is 1. The smallest absolute Gasteiger partial charge is 0.387 e. The fourth-order valence-corrected chi connectivity index (χ4v) is 1.00. The monoisotopic (exact) mass is 229 g/mol. The Hall–Kier alpha value is -1.78. The molecule has 0 bridgehead atoms. The second kappa shape index (κ2) is 5.34. The summed E-state index contributed by atoms with van der Waals surface area (Å²) in [6.07, 6.45) is -3.32. The van der Waals surface area contributed by atoms with E-state index in [2.05, 4.69) is 5.32 Å². The highest BCUT2D eigenvalue weighted by molar-refractivity contribution is 5.94. The number of rotatable bonds is 4. The molecule has 2 nitrogen and oxygen atoms in total. The van der Waals surface area contributed by atoms with Crippen LogP contribution >= 0.6 is 0 Å². The minimum Gasteiger partial charge on any atom is -0.387 e. The maximum Gasteiger partial charge on any atom is 0.454 e. The quantitative estimate of drug-likeness (QED) is 0.803. The van der Waals surface area contributed by atoms with Crippen LogP contribution in [0.3, 0.4) is 0 Å². The first-order valence-corrected chi connectivity index (χ1v) is 4.55. The van der Waals surface area contributed by atoms with Crippen LogP contribution in [0.1, 0.15) is 5.56 Å². The molecule has 1 aromatic rings. The molecule has 0 aliphatic carbocycles. The average Bonchev–Trinajstić information content (AvgIpc) is 2.24. The van der Waals surface area contributed by atoms with Crippen LogP contribution in [-0.2, 0) is 11.3 Å². The predicted molar refractivity (Wildman–Crippen MR) is 53.5 cm³/mol. The molecule has 0 fully saturated rings. The number of nitrogens with one attached hydrogen (secondary N) is 1. The Morgan fingerprint density at radius 1 is 1.25 bits per heavy atom. The Morgan fingerprint density at radius 3 is 2.44 bits per heavy atom. The largest absolute Gasteiger partial charge is 0.454 e. The van der Waals surface area contributed by atoms with Crippen molar-refractivity contribution < 1.29 is 18.0 Å². The number of ketones is 1. The van der Waals surface area contributed by atoms with Crippen molar-refractivity contribution in [2.45, 2.75) is 12.7 Å². The van der Waals surface area contributed by atoms with E-state index in [1.807, 2.05) is 30.3 Å². The molecule has 0 aromatic heterocycles. The second-order valence-corrected chi connectivity index (χ2v) is 3.06. The lowest BCUT2D eigenvalue weighted by molar-refractivity contribution is -0.165. The molecule has 1 aromatic carbocycles. The molecule has 0 saturated carbocycles. The SMILES string of the molecule is O=C(/C=C\NCc1ccccc1)C(F)(F)F. The maximum absolute atomic E-state index is 11.8. The van der Waals surface area contributed by atoms with Crippen LogP contribution in [0.5, 0.6) is 0 Å². The van der Waals surface area contributed by atoms with Gasteiger partial charge in [0, 0.05) is 18.8 Å². The van der Waals surface area contributed by atoms with Gasteiger partial charge < -0.3 is 5.32 Å². The summed E-state index contributed by atoms with van der Waals surface area (Å²) in [5.74, 6) is -1.87. The minimum absolute atomic E-state index is 0.377. The summed E-state index contributed by atoms with van der Waals surface area (Å²) in [5.41, 5.74) is 0.923. The van der Waals surface area contributed by atoms with Gasteiger partial charge in [-0.05, 0) is 5.56 Å². The molecule has 16 heavy (non-hydrogen) atoms. The first-order chi connectivity index (χ1) is 7.50. The fraction of sp³-hybridized carbons (Fsp3) is 0.182. The van der Waals surface area contributed by atoms with Crippen molar-refractivity contribution in [3.05, 3.63) is 48.2 Å². The Labute approximate surface area is 90.8 Å². The number of halogens is 3. The Balaban J connectivity index is 2.37. The van der Waals surface area contributed by atoms with E-state index in [1.165, 1.54) is 0 Å². The van der Waals surface area contributed by atoms with Gasteiger partial charge in [0.25, 0.3) is 5.78 Å². The van der Waals surface area contributed by atoms with Gasteiger partial charge in [0.1, 0.15) is 0 Å². The van der Waals surface area contributed by atoms with Gasteiger partial charge >= 0.3 is 6.18 Å². The van der Waals surface area contributed by atoms with Gasteiger partial charge in [-0.15, -0.1) is 0 Å². The first-order valence-electron chi connectivity index (χ1n) is 4.55. The van der Waals surface area contributed by atoms with E-state index >= 15 is 0 Å². The first kappa shape index (κ1) is 12.3. The molecule has 0 amide bonds. The zero-order valence-electron chi connectivity index (χ0n) is 8.29. The van der Waals surface area contributed by atoms with E-state index < -0.39 is 12.0 Å². The highest BCUT2D eigenvalue weighted by atomic mass is 19.4. The lowest BCUT2D eigenvalue weighted by Crippen LogP contribution is -2.20. The van der Waals surface area contributed by atoms with Crippen molar-refractivity contribution in [2.24, 2.45) is 0 Å². The van der Waals surface area contributed by atoms with Gasteiger partial charge in [0.15, 0.2) is 0 Å². The highest BCUT2D eigenvalue weighted by Crippen LogP contribution is 2.15. The summed E-state index contributed by atoms with van der Waals surface area (Å²) in [4.78, 5) is 10.4. The molecule has 0 unspecified atom stereocenters. The minimum atomic E-state index is -4.80. The van der Waals surface area contributed by atoms with Gasteiger partial charge in [0.2, 0.25) is 0 Å². The molecule has 86 valence electrons. The van der Waals surface area contributed by atoms with Crippen molar-refractivity contribution in [1.82, 2.24) is 5.32 Å². The normalized spacial score (nSPS) is 11.7. The Bertz CT molecular complexity index is 371. The third-order valence-electron chi connectivity index (χ3n) is 1.78. The van der Waals surface area contributed by atoms with Crippen LogP contribution in [0.2, 0.25) is 0 Å². The Kier molecular flexibility index (Phi) is 4.10. The molecule has 0 aliphatic heterocycles. The molecular weight excluding hydrogens is 219 g/mol. The summed E-state index contributed by atoms with van der Waals surface area (Å²) in [6, 6.07) is 9.13. The standard InChI is InChI=1S/C11H10F3NO/c12-11(13,14)10(16)6-7-15-8-9-4-2-1-3-5-9/h1-7,15H,8H2/b7-6-. The molecule has 0 radical (unpaired) electrons. The van der Waals surface area contributed by atoms with Crippen molar-refractivity contribution in [3.63, 3.8) is 0 Å². The van der Waals surface area contributed by atoms with E-state index in [9.17, 15) is 18.0 Å². The number of carbonyl (C=O) groups excluding carboxylic acids is 1. The maximum atomic E-state index is 11.8. The van der Waals surface area contributed by atoms with Crippen molar-refractivity contribution in [1.29, 1.82) is 0 Å². The molecular formula is C11H10F3NO. The molecule has 0 spiro atoms. The molecule has 0 atom stereocenters. The van der Waals surface area contributed by atoms with E-state index in [0.717, 1.165) is 11.8 Å². The number of alkyl halides is 3. The summed E-state index contributed by atoms with van der Waals surface area (Å²) in [6.45, 7) is 0.377. The van der Waals surface area contributed by atoms with Crippen LogP contribution < -0.4 is 5.32 Å². The van der Waals surface area contributed by atoms with Gasteiger partial charge in [0.05, 0.1) is 0 Å². The fourth-order valence-electron chi connectivity index (χ4n) is 1.00. The van der Waals surface area contributed by atoms with Gasteiger partial charge in [-0.1, -0.05) is 30.3 Å². The molecule has 0 saturated heterocycles. The summed E-state index contributed by atoms with van der Waals surface area (Å²) in [7, 11) is 0. The number of benzene rings is 1. The zero-order valence-corrected chi connectivity index (χ0v) is 8.29. The van der Waals surface area contributed by atoms with E-state index in [-0.39, 0.29) is 0 Å². The highest BCUT2D eigenvalue weighted by Gasteiger charge is 2.35. The van der Waals surface area contributed by atoms with Crippen LogP contribution in [0.15, 0.2) is 42.6 Å². The lowest BCUT2D eigenvalue weighted by atomic mass is 10.2. The molecule has 1 rings (SSSR count). The molecule has 0 aliphatic rings. The van der Waals surface area contributed by atoms with Gasteiger partial charge in [-0.3, -0.25) is 4.79 Å². The topological polar surface area (TPSA) is 29.1 Å². The number of hydrogen-bond acceptors (Lipinski definition) is 2. The number of hydrogen-bond donors (Lipinski definition) is 1. The molecule has 1 N–H and O–H groups in total. The van der Waals surface area contributed by atoms with Crippen LogP contribution in [0, 0.1) is 0 Å². The van der Waals surface area contributed by atoms with Crippen molar-refractivity contribution in [3.8, 4) is 0 Å². The van der Waals surface area contributed by atoms with Gasteiger partial charge in [-0.2, -0.15) is 13.2 Å². The zero-order chi connectivity index (χ0) is 12.0. The molecule has 0 heterocycles. The second-order valence-electron chi connectivity index (χ2n) is 3.06. The van der Waals surface area contributed by atoms with Crippen LogP contribution in [0.4, 0.5) is 13.2 Å². The van der Waals surface area contributed by atoms with Crippen molar-refractivity contribution in [2.75, 3.05) is 0 Å². The van der Waals surface area contributed by atoms with Crippen molar-refractivity contribution >= 4 is 5.78 Å². The van der Waals surface area contributed by atoms with E-state index in [4.69, 9.17) is 0 Å². The van der Waals surface area contributed by atoms with Crippen LogP contribution in [-0.4, -0.2) is 12.0 Å². The summed E-state index contributed by atoms with van der Waals surface area (Å²) in [5, 5.41) is 2.60. The van der Waals surface area contributed by atoms with Gasteiger partial charge in [-0.25, -0.2) is 0 Å². The lowest BCUT2D eigenvalue weighted by Gasteiger charge is -2.01. The number of allylic oxidation sites excluding steroid dienone is 1. The van der Waals surface area contributed by atoms with E-state index in [0.29, 0.717) is 12.6 Å². The Morgan fingerprint density at radius 2 is 1.88 bits per heavy atom. The van der Waals surface area contributed by atoms with Crippen LogP contribution in [0.25, 0.3) is 0 Å². The third-order valence-corrected chi connectivity index (χ3v) is 1.78. The van der Waals surface area contributed by atoms with E-state index in [1.54, 1.807) is 0 Å². The predicted octanol–water partition coefficient (Wildman–Crippen LogP) is 2.42. The third kappa shape index (κ3) is 4.16. The summed E-state index contributed by atoms with van der Waals surface area (Å²) >= 11 is 0. The average molecular weight is 229 g/mol.